The lowest BCUT2D eigenvalue weighted by Gasteiger charge is -2.10. The van der Waals surface area contributed by atoms with Crippen LogP contribution in [0.5, 0.6) is 11.5 Å². The van der Waals surface area contributed by atoms with E-state index in [1.165, 1.54) is 24.3 Å². The molecule has 2 N–H and O–H groups in total. The molecule has 4 rings (SSSR count). The van der Waals surface area contributed by atoms with Crippen LogP contribution in [0.25, 0.3) is 0 Å². The average molecular weight is 542 g/mol. The maximum absolute atomic E-state index is 13.4. The number of halogens is 1. The second-order valence-corrected chi connectivity index (χ2v) is 10.1. The molecule has 1 heterocycles. The number of rotatable bonds is 12. The summed E-state index contributed by atoms with van der Waals surface area (Å²) in [6, 6.07) is 21.0. The van der Waals surface area contributed by atoms with Crippen molar-refractivity contribution < 1.29 is 17.9 Å². The molecule has 0 aliphatic heterocycles. The molecule has 194 valence electrons. The number of anilines is 2. The smallest absolute Gasteiger partial charge is 0.286 e. The molecule has 1 aromatic heterocycles. The molecule has 37 heavy (non-hydrogen) atoms. The quantitative estimate of drug-likeness (QED) is 0.252. The van der Waals surface area contributed by atoms with E-state index in [1.807, 2.05) is 62.4 Å². The van der Waals surface area contributed by atoms with Crippen molar-refractivity contribution in [1.29, 1.82) is 0 Å². The molecule has 9 nitrogen and oxygen atoms in total. The van der Waals surface area contributed by atoms with Gasteiger partial charge in [0.2, 0.25) is 11.9 Å². The number of nitrogens with zero attached hydrogens (tertiary/aromatic N) is 3. The van der Waals surface area contributed by atoms with Gasteiger partial charge in [0.15, 0.2) is 0 Å². The predicted molar refractivity (Wildman–Crippen MR) is 144 cm³/mol. The van der Waals surface area contributed by atoms with E-state index in [-0.39, 0.29) is 16.8 Å². The van der Waals surface area contributed by atoms with Crippen molar-refractivity contribution in [3.63, 3.8) is 0 Å². The van der Waals surface area contributed by atoms with Crippen LogP contribution in [0.15, 0.2) is 77.7 Å². The van der Waals surface area contributed by atoms with E-state index in [0.717, 1.165) is 26.7 Å². The third-order valence-electron chi connectivity index (χ3n) is 5.29. The Bertz CT molecular complexity index is 1410. The van der Waals surface area contributed by atoms with Crippen molar-refractivity contribution in [3.05, 3.63) is 88.9 Å². The summed E-state index contributed by atoms with van der Waals surface area (Å²) in [5.74, 6) is 1.79. The van der Waals surface area contributed by atoms with Crippen molar-refractivity contribution in [1.82, 2.24) is 14.2 Å². The second kappa shape index (κ2) is 12.0. The van der Waals surface area contributed by atoms with E-state index >= 15 is 0 Å². The molecule has 0 aliphatic carbocycles. The van der Waals surface area contributed by atoms with Crippen LogP contribution in [0, 0.1) is 0 Å². The first kappa shape index (κ1) is 26.3. The molecular weight excluding hydrogens is 514 g/mol. The van der Waals surface area contributed by atoms with Crippen LogP contribution in [0.2, 0.25) is 5.02 Å². The minimum Gasteiger partial charge on any atom is -0.494 e. The maximum Gasteiger partial charge on any atom is 0.286 e. The number of nitrogens with one attached hydrogen (secondary N) is 2. The lowest BCUT2D eigenvalue weighted by atomic mass is 10.2. The Hall–Kier alpha value is -3.76. The largest absolute Gasteiger partial charge is 0.494 e. The molecule has 0 saturated heterocycles. The molecule has 4 aromatic rings. The molecule has 0 fully saturated rings. The Morgan fingerprint density at radius 1 is 0.784 bits per heavy atom. The topological polar surface area (TPSA) is 107 Å². The van der Waals surface area contributed by atoms with Gasteiger partial charge in [-0.2, -0.15) is 13.4 Å². The Balaban J connectivity index is 1.56. The van der Waals surface area contributed by atoms with E-state index in [0.29, 0.717) is 31.3 Å². The SMILES string of the molecule is CCOc1ccc(CNc2nc(NCc3ccc(OCC)cc3)n(S(=O)(=O)c3ccc(Cl)cc3)n2)cc1. The van der Waals surface area contributed by atoms with Gasteiger partial charge >= 0.3 is 0 Å². The molecule has 0 atom stereocenters. The van der Waals surface area contributed by atoms with E-state index < -0.39 is 10.0 Å². The van der Waals surface area contributed by atoms with Gasteiger partial charge in [0.1, 0.15) is 11.5 Å². The summed E-state index contributed by atoms with van der Waals surface area (Å²) < 4.78 is 38.6. The minimum absolute atomic E-state index is 0.0454. The molecule has 0 amide bonds. The maximum atomic E-state index is 13.4. The van der Waals surface area contributed by atoms with Crippen LogP contribution in [-0.2, 0) is 23.1 Å². The third-order valence-corrected chi connectivity index (χ3v) is 7.12. The van der Waals surface area contributed by atoms with Gasteiger partial charge in [-0.05, 0) is 73.5 Å². The van der Waals surface area contributed by atoms with E-state index in [4.69, 9.17) is 21.1 Å². The van der Waals surface area contributed by atoms with E-state index in [1.54, 1.807) is 0 Å². The van der Waals surface area contributed by atoms with Gasteiger partial charge in [0, 0.05) is 18.1 Å². The summed E-state index contributed by atoms with van der Waals surface area (Å²) in [7, 11) is -4.03. The van der Waals surface area contributed by atoms with Crippen LogP contribution >= 0.6 is 11.6 Å². The van der Waals surface area contributed by atoms with Gasteiger partial charge in [-0.1, -0.05) is 35.9 Å². The van der Waals surface area contributed by atoms with Gasteiger partial charge in [-0.25, -0.2) is 0 Å². The predicted octanol–water partition coefficient (Wildman–Crippen LogP) is 5.19. The number of hydrogen-bond acceptors (Lipinski definition) is 8. The van der Waals surface area contributed by atoms with Crippen LogP contribution in [-0.4, -0.2) is 35.8 Å². The summed E-state index contributed by atoms with van der Waals surface area (Å²) in [5, 5.41) is 10.9. The molecular formula is C26H28ClN5O4S. The molecule has 11 heteroatoms. The summed E-state index contributed by atoms with van der Waals surface area (Å²) in [5.41, 5.74) is 1.88. The highest BCUT2D eigenvalue weighted by atomic mass is 35.5. The van der Waals surface area contributed by atoms with Gasteiger partial charge in [-0.3, -0.25) is 0 Å². The van der Waals surface area contributed by atoms with E-state index in [2.05, 4.69) is 20.7 Å². The molecule has 0 unspecified atom stereocenters. The molecule has 0 saturated carbocycles. The number of ether oxygens (including phenoxy) is 2. The zero-order valence-electron chi connectivity index (χ0n) is 20.5. The fourth-order valence-corrected chi connectivity index (χ4v) is 4.78. The first-order chi connectivity index (χ1) is 17.9. The van der Waals surface area contributed by atoms with Crippen molar-refractivity contribution in [2.75, 3.05) is 23.8 Å². The van der Waals surface area contributed by atoms with Crippen molar-refractivity contribution >= 4 is 33.5 Å². The van der Waals surface area contributed by atoms with Crippen molar-refractivity contribution in [2.45, 2.75) is 31.8 Å². The summed E-state index contributed by atoms with van der Waals surface area (Å²) >= 11 is 5.95. The Morgan fingerprint density at radius 2 is 1.30 bits per heavy atom. The third kappa shape index (κ3) is 6.72. The fourth-order valence-electron chi connectivity index (χ4n) is 3.46. The van der Waals surface area contributed by atoms with E-state index in [9.17, 15) is 8.42 Å². The standard InChI is InChI=1S/C26H28ClN5O4S/c1-3-35-22-11-5-19(6-12-22)17-28-25-30-26(29-18-20-7-13-23(14-8-20)36-4-2)32(31-25)37(33,34)24-15-9-21(27)10-16-24/h5-16H,3-4,17-18H2,1-2H3,(H2,28,29,30,31). The first-order valence-electron chi connectivity index (χ1n) is 11.8. The highest BCUT2D eigenvalue weighted by molar-refractivity contribution is 7.90. The first-order valence-corrected chi connectivity index (χ1v) is 13.6. The second-order valence-electron chi connectivity index (χ2n) is 7.92. The van der Waals surface area contributed by atoms with Crippen LogP contribution in [0.3, 0.4) is 0 Å². The average Bonchev–Trinajstić information content (AvgIpc) is 3.33. The lowest BCUT2D eigenvalue weighted by molar-refractivity contribution is 0.340. The number of aromatic nitrogens is 3. The Morgan fingerprint density at radius 3 is 1.81 bits per heavy atom. The lowest BCUT2D eigenvalue weighted by Crippen LogP contribution is -2.18. The summed E-state index contributed by atoms with van der Waals surface area (Å²) in [6.07, 6.45) is 0. The van der Waals surface area contributed by atoms with Gasteiger partial charge in [-0.15, -0.1) is 9.19 Å². The molecule has 0 aliphatic rings. The van der Waals surface area contributed by atoms with Crippen LogP contribution in [0.4, 0.5) is 11.9 Å². The zero-order chi connectivity index (χ0) is 26.3. The monoisotopic (exact) mass is 541 g/mol. The molecule has 0 spiro atoms. The van der Waals surface area contributed by atoms with Gasteiger partial charge in [0.25, 0.3) is 10.0 Å². The number of benzene rings is 3. The fraction of sp³-hybridized carbons (Fsp3) is 0.231. The molecule has 3 aromatic carbocycles. The van der Waals surface area contributed by atoms with Crippen molar-refractivity contribution in [2.24, 2.45) is 0 Å². The summed E-state index contributed by atoms with van der Waals surface area (Å²) in [4.78, 5) is 4.46. The Kier molecular flexibility index (Phi) is 8.52. The highest BCUT2D eigenvalue weighted by Gasteiger charge is 2.24. The van der Waals surface area contributed by atoms with Crippen molar-refractivity contribution in [3.8, 4) is 11.5 Å². The van der Waals surface area contributed by atoms with Crippen LogP contribution < -0.4 is 20.1 Å². The Labute approximate surface area is 221 Å². The van der Waals surface area contributed by atoms with Gasteiger partial charge in [0.05, 0.1) is 18.1 Å². The molecule has 0 radical (unpaired) electrons. The normalized spacial score (nSPS) is 11.2. The number of hydrogen-bond donors (Lipinski definition) is 2. The molecule has 0 bridgehead atoms. The van der Waals surface area contributed by atoms with Gasteiger partial charge < -0.3 is 20.1 Å². The summed E-state index contributed by atoms with van der Waals surface area (Å²) in [6.45, 7) is 5.75. The zero-order valence-corrected chi connectivity index (χ0v) is 22.1. The minimum atomic E-state index is -4.03. The highest BCUT2D eigenvalue weighted by Crippen LogP contribution is 2.22. The van der Waals surface area contributed by atoms with Crippen LogP contribution in [0.1, 0.15) is 25.0 Å².